The summed E-state index contributed by atoms with van der Waals surface area (Å²) in [5.74, 6) is -0.0491. The number of carbonyl (C=O) groups excluding carboxylic acids is 1. The number of nitrogens with zero attached hydrogens (tertiary/aromatic N) is 2. The lowest BCUT2D eigenvalue weighted by Crippen LogP contribution is -2.21. The summed E-state index contributed by atoms with van der Waals surface area (Å²) in [6.07, 6.45) is 2.35. The molecule has 17 heavy (non-hydrogen) atoms. The van der Waals surface area contributed by atoms with Gasteiger partial charge < -0.3 is 15.4 Å². The van der Waals surface area contributed by atoms with Gasteiger partial charge in [-0.25, -0.2) is 9.78 Å². The summed E-state index contributed by atoms with van der Waals surface area (Å²) in [5.41, 5.74) is 8.04. The SMILES string of the molecule is COC(=O)c1cc(N2CCCC2)c(C)c(N)n1. The number of carbonyl (C=O) groups is 1. The zero-order valence-electron chi connectivity index (χ0n) is 10.2. The highest BCUT2D eigenvalue weighted by Gasteiger charge is 2.19. The highest BCUT2D eigenvalue weighted by Crippen LogP contribution is 2.28. The Morgan fingerprint density at radius 2 is 2.12 bits per heavy atom. The number of methoxy groups -OCH3 is 1. The molecule has 0 amide bonds. The second kappa shape index (κ2) is 4.61. The Morgan fingerprint density at radius 3 is 2.71 bits per heavy atom. The van der Waals surface area contributed by atoms with Crippen LogP contribution < -0.4 is 10.6 Å². The fourth-order valence-electron chi connectivity index (χ4n) is 2.11. The lowest BCUT2D eigenvalue weighted by atomic mass is 10.2. The summed E-state index contributed by atoms with van der Waals surface area (Å²) < 4.78 is 4.67. The molecule has 2 heterocycles. The Bertz CT molecular complexity index is 440. The molecule has 0 spiro atoms. The predicted molar refractivity (Wildman–Crippen MR) is 66.2 cm³/mol. The van der Waals surface area contributed by atoms with Crippen molar-refractivity contribution in [3.8, 4) is 0 Å². The molecule has 2 rings (SSSR count). The third-order valence-electron chi connectivity index (χ3n) is 3.12. The molecule has 5 heteroatoms. The van der Waals surface area contributed by atoms with E-state index < -0.39 is 5.97 Å². The fraction of sp³-hybridized carbons (Fsp3) is 0.500. The molecule has 1 aromatic heterocycles. The van der Waals surface area contributed by atoms with Crippen LogP contribution in [0.2, 0.25) is 0 Å². The number of anilines is 2. The van der Waals surface area contributed by atoms with Crippen LogP contribution in [-0.4, -0.2) is 31.2 Å². The Balaban J connectivity index is 2.42. The van der Waals surface area contributed by atoms with E-state index in [-0.39, 0.29) is 5.69 Å². The minimum absolute atomic E-state index is 0.275. The van der Waals surface area contributed by atoms with Crippen molar-refractivity contribution in [2.75, 3.05) is 30.8 Å². The number of nitrogens with two attached hydrogens (primary N) is 1. The molecule has 5 nitrogen and oxygen atoms in total. The Kier molecular flexibility index (Phi) is 3.17. The first-order valence-electron chi connectivity index (χ1n) is 5.74. The van der Waals surface area contributed by atoms with Crippen molar-refractivity contribution in [1.82, 2.24) is 4.98 Å². The van der Waals surface area contributed by atoms with Crippen LogP contribution in [0.1, 0.15) is 28.9 Å². The van der Waals surface area contributed by atoms with Gasteiger partial charge in [0.05, 0.1) is 7.11 Å². The second-order valence-corrected chi connectivity index (χ2v) is 4.22. The average molecular weight is 235 g/mol. The summed E-state index contributed by atoms with van der Waals surface area (Å²) in [4.78, 5) is 17.8. The van der Waals surface area contributed by atoms with E-state index in [9.17, 15) is 4.79 Å². The smallest absolute Gasteiger partial charge is 0.356 e. The Morgan fingerprint density at radius 1 is 1.47 bits per heavy atom. The van der Waals surface area contributed by atoms with E-state index in [1.165, 1.54) is 20.0 Å². The van der Waals surface area contributed by atoms with Crippen LogP contribution in [0.4, 0.5) is 11.5 Å². The van der Waals surface area contributed by atoms with Crippen LogP contribution in [0.5, 0.6) is 0 Å². The number of ether oxygens (including phenoxy) is 1. The first-order valence-corrected chi connectivity index (χ1v) is 5.74. The monoisotopic (exact) mass is 235 g/mol. The molecule has 0 atom stereocenters. The quantitative estimate of drug-likeness (QED) is 0.784. The van der Waals surface area contributed by atoms with Gasteiger partial charge in [0.25, 0.3) is 0 Å². The normalized spacial score (nSPS) is 15.1. The lowest BCUT2D eigenvalue weighted by Gasteiger charge is -2.21. The number of esters is 1. The maximum atomic E-state index is 11.5. The molecule has 0 unspecified atom stereocenters. The summed E-state index contributed by atoms with van der Waals surface area (Å²) >= 11 is 0. The molecule has 0 saturated carbocycles. The fourth-order valence-corrected chi connectivity index (χ4v) is 2.11. The molecule has 92 valence electrons. The molecule has 2 N–H and O–H groups in total. The second-order valence-electron chi connectivity index (χ2n) is 4.22. The summed E-state index contributed by atoms with van der Waals surface area (Å²) in [6.45, 7) is 3.94. The van der Waals surface area contributed by atoms with Gasteiger partial charge in [-0.05, 0) is 25.8 Å². The van der Waals surface area contributed by atoms with Gasteiger partial charge in [-0.2, -0.15) is 0 Å². The van der Waals surface area contributed by atoms with Gasteiger partial charge in [-0.3, -0.25) is 0 Å². The molecule has 0 bridgehead atoms. The van der Waals surface area contributed by atoms with Gasteiger partial charge in [0.15, 0.2) is 5.69 Å². The number of rotatable bonds is 2. The van der Waals surface area contributed by atoms with Gasteiger partial charge in [-0.15, -0.1) is 0 Å². The predicted octanol–water partition coefficient (Wildman–Crippen LogP) is 1.36. The molecule has 0 aromatic carbocycles. The number of aromatic nitrogens is 1. The molecular weight excluding hydrogens is 218 g/mol. The standard InChI is InChI=1S/C12H17N3O2/c1-8-10(15-5-3-4-6-15)7-9(12(16)17-2)14-11(8)13/h7H,3-6H2,1-2H3,(H2,13,14). The van der Waals surface area contributed by atoms with Crippen molar-refractivity contribution in [1.29, 1.82) is 0 Å². The maximum absolute atomic E-state index is 11.5. The van der Waals surface area contributed by atoms with Crippen molar-refractivity contribution in [3.05, 3.63) is 17.3 Å². The van der Waals surface area contributed by atoms with E-state index >= 15 is 0 Å². The molecule has 1 aliphatic heterocycles. The zero-order valence-corrected chi connectivity index (χ0v) is 10.2. The summed E-state index contributed by atoms with van der Waals surface area (Å²) in [7, 11) is 1.34. The van der Waals surface area contributed by atoms with Crippen LogP contribution >= 0.6 is 0 Å². The summed E-state index contributed by atoms with van der Waals surface area (Å²) in [5, 5.41) is 0. The highest BCUT2D eigenvalue weighted by atomic mass is 16.5. The number of pyridine rings is 1. The van der Waals surface area contributed by atoms with Crippen LogP contribution in [0.3, 0.4) is 0 Å². The van der Waals surface area contributed by atoms with E-state index in [2.05, 4.69) is 14.6 Å². The van der Waals surface area contributed by atoms with Crippen LogP contribution in [-0.2, 0) is 4.74 Å². The third-order valence-corrected chi connectivity index (χ3v) is 3.12. The molecule has 0 radical (unpaired) electrons. The van der Waals surface area contributed by atoms with Crippen LogP contribution in [0, 0.1) is 6.92 Å². The van der Waals surface area contributed by atoms with Gasteiger partial charge >= 0.3 is 5.97 Å². The Hall–Kier alpha value is -1.78. The van der Waals surface area contributed by atoms with Gasteiger partial charge in [0.2, 0.25) is 0 Å². The topological polar surface area (TPSA) is 68.5 Å². The minimum atomic E-state index is -0.447. The van der Waals surface area contributed by atoms with Crippen LogP contribution in [0.15, 0.2) is 6.07 Å². The first kappa shape index (κ1) is 11.7. The van der Waals surface area contributed by atoms with Crippen molar-refractivity contribution in [3.63, 3.8) is 0 Å². The molecule has 1 aromatic rings. The van der Waals surface area contributed by atoms with E-state index in [0.29, 0.717) is 5.82 Å². The number of hydrogen-bond donors (Lipinski definition) is 1. The van der Waals surface area contributed by atoms with Gasteiger partial charge in [0, 0.05) is 24.3 Å². The van der Waals surface area contributed by atoms with Crippen molar-refractivity contribution < 1.29 is 9.53 Å². The minimum Gasteiger partial charge on any atom is -0.464 e. The average Bonchev–Trinajstić information content (AvgIpc) is 2.85. The van der Waals surface area contributed by atoms with Crippen molar-refractivity contribution >= 4 is 17.5 Å². The number of nitrogen functional groups attached to an aromatic ring is 1. The van der Waals surface area contributed by atoms with E-state index in [1.807, 2.05) is 6.92 Å². The van der Waals surface area contributed by atoms with Gasteiger partial charge in [-0.1, -0.05) is 0 Å². The largest absolute Gasteiger partial charge is 0.464 e. The third kappa shape index (κ3) is 2.18. The van der Waals surface area contributed by atoms with Crippen LogP contribution in [0.25, 0.3) is 0 Å². The number of hydrogen-bond acceptors (Lipinski definition) is 5. The maximum Gasteiger partial charge on any atom is 0.356 e. The highest BCUT2D eigenvalue weighted by molar-refractivity contribution is 5.89. The molecule has 1 fully saturated rings. The Labute approximate surface area is 101 Å². The van der Waals surface area contributed by atoms with Gasteiger partial charge in [0.1, 0.15) is 5.82 Å². The molecule has 1 saturated heterocycles. The van der Waals surface area contributed by atoms with Crippen molar-refractivity contribution in [2.24, 2.45) is 0 Å². The molecular formula is C12H17N3O2. The molecule has 1 aliphatic rings. The van der Waals surface area contributed by atoms with E-state index in [4.69, 9.17) is 5.73 Å². The molecule has 0 aliphatic carbocycles. The first-order chi connectivity index (χ1) is 8.13. The zero-order chi connectivity index (χ0) is 12.4. The van der Waals surface area contributed by atoms with E-state index in [0.717, 1.165) is 24.3 Å². The summed E-state index contributed by atoms with van der Waals surface area (Å²) in [6, 6.07) is 1.77. The van der Waals surface area contributed by atoms with E-state index in [1.54, 1.807) is 6.07 Å². The van der Waals surface area contributed by atoms with Crippen molar-refractivity contribution in [2.45, 2.75) is 19.8 Å². The lowest BCUT2D eigenvalue weighted by molar-refractivity contribution is 0.0594.